The molecule has 0 aliphatic rings. The van der Waals surface area contributed by atoms with Crippen LogP contribution in [0.3, 0.4) is 0 Å². The zero-order valence-corrected chi connectivity index (χ0v) is 11.9. The molecule has 2 atom stereocenters. The van der Waals surface area contributed by atoms with E-state index in [1.807, 2.05) is 6.92 Å². The summed E-state index contributed by atoms with van der Waals surface area (Å²) in [4.78, 5) is 34.2. The van der Waals surface area contributed by atoms with Crippen molar-refractivity contribution in [2.45, 2.75) is 45.7 Å². The van der Waals surface area contributed by atoms with Gasteiger partial charge in [-0.15, -0.1) is 0 Å². The van der Waals surface area contributed by atoms with E-state index in [0.717, 1.165) is 12.8 Å². The summed E-state index contributed by atoms with van der Waals surface area (Å²) in [6.07, 6.45) is 1.86. The number of hydrogen-bond donors (Lipinski definition) is 3. The van der Waals surface area contributed by atoms with Crippen LogP contribution in [0, 0.1) is 0 Å². The molecule has 0 spiro atoms. The largest absolute Gasteiger partial charge is 0.467 e. The van der Waals surface area contributed by atoms with Gasteiger partial charge in [0.25, 0.3) is 0 Å². The molecule has 0 heterocycles. The van der Waals surface area contributed by atoms with Crippen LogP contribution in [0.4, 0.5) is 4.79 Å². The van der Waals surface area contributed by atoms with Crippen LogP contribution in [-0.2, 0) is 14.3 Å². The maximum atomic E-state index is 11.7. The summed E-state index contributed by atoms with van der Waals surface area (Å²) in [6, 6.07) is -1.87. The number of rotatable bonds is 7. The third-order valence-electron chi connectivity index (χ3n) is 2.47. The summed E-state index contributed by atoms with van der Waals surface area (Å²) in [7, 11) is 1.24. The van der Waals surface area contributed by atoms with Gasteiger partial charge in [0, 0.05) is 6.54 Å². The Morgan fingerprint density at radius 3 is 2.26 bits per heavy atom. The first kappa shape index (κ1) is 17.2. The third kappa shape index (κ3) is 7.28. The maximum Gasteiger partial charge on any atom is 0.328 e. The fourth-order valence-corrected chi connectivity index (χ4v) is 1.27. The summed E-state index contributed by atoms with van der Waals surface area (Å²) < 4.78 is 4.49. The van der Waals surface area contributed by atoms with Crippen molar-refractivity contribution in [3.8, 4) is 0 Å². The van der Waals surface area contributed by atoms with Crippen molar-refractivity contribution >= 4 is 17.9 Å². The SMILES string of the molecule is CCCCNC(=O)N[C@@H](C)C(=O)N[C@@H](C)C(=O)OC. The topological polar surface area (TPSA) is 96.5 Å². The van der Waals surface area contributed by atoms with E-state index >= 15 is 0 Å². The van der Waals surface area contributed by atoms with Crippen molar-refractivity contribution < 1.29 is 19.1 Å². The summed E-state index contributed by atoms with van der Waals surface area (Å²) in [5, 5.41) is 7.57. The number of unbranched alkanes of at least 4 members (excludes halogenated alkanes) is 1. The van der Waals surface area contributed by atoms with Crippen LogP contribution in [0.25, 0.3) is 0 Å². The Labute approximate surface area is 113 Å². The van der Waals surface area contributed by atoms with Gasteiger partial charge < -0.3 is 20.7 Å². The van der Waals surface area contributed by atoms with Gasteiger partial charge in [-0.25, -0.2) is 9.59 Å². The van der Waals surface area contributed by atoms with Crippen LogP contribution < -0.4 is 16.0 Å². The minimum absolute atomic E-state index is 0.401. The Hall–Kier alpha value is -1.79. The molecule has 0 aliphatic heterocycles. The lowest BCUT2D eigenvalue weighted by Crippen LogP contribution is -2.51. The zero-order valence-electron chi connectivity index (χ0n) is 11.9. The van der Waals surface area contributed by atoms with Gasteiger partial charge in [-0.1, -0.05) is 13.3 Å². The second-order valence-electron chi connectivity index (χ2n) is 4.23. The molecule has 0 aromatic rings. The molecule has 0 bridgehead atoms. The van der Waals surface area contributed by atoms with E-state index in [1.54, 1.807) is 6.92 Å². The van der Waals surface area contributed by atoms with E-state index in [0.29, 0.717) is 6.54 Å². The van der Waals surface area contributed by atoms with Gasteiger partial charge in [-0.2, -0.15) is 0 Å². The number of esters is 1. The predicted octanol–water partition coefficient (Wildman–Crippen LogP) is 0.152. The highest BCUT2D eigenvalue weighted by Crippen LogP contribution is 1.90. The third-order valence-corrected chi connectivity index (χ3v) is 2.47. The second kappa shape index (κ2) is 9.18. The van der Waals surface area contributed by atoms with Gasteiger partial charge in [0.2, 0.25) is 5.91 Å². The van der Waals surface area contributed by atoms with Gasteiger partial charge in [0.1, 0.15) is 12.1 Å². The molecule has 0 aromatic heterocycles. The lowest BCUT2D eigenvalue weighted by molar-refractivity contribution is -0.144. The first-order valence-electron chi connectivity index (χ1n) is 6.34. The van der Waals surface area contributed by atoms with Gasteiger partial charge in [-0.05, 0) is 20.3 Å². The number of carbonyl (C=O) groups is 3. The van der Waals surface area contributed by atoms with Crippen LogP contribution in [0.15, 0.2) is 0 Å². The quantitative estimate of drug-likeness (QED) is 0.454. The number of methoxy groups -OCH3 is 1. The van der Waals surface area contributed by atoms with E-state index in [1.165, 1.54) is 14.0 Å². The van der Waals surface area contributed by atoms with Gasteiger partial charge >= 0.3 is 12.0 Å². The number of nitrogens with one attached hydrogen (secondary N) is 3. The highest BCUT2D eigenvalue weighted by Gasteiger charge is 2.20. The molecule has 0 radical (unpaired) electrons. The monoisotopic (exact) mass is 273 g/mol. The highest BCUT2D eigenvalue weighted by atomic mass is 16.5. The molecule has 0 aromatic carbocycles. The molecule has 0 saturated heterocycles. The van der Waals surface area contributed by atoms with Crippen LogP contribution in [0.2, 0.25) is 0 Å². The molecule has 7 heteroatoms. The van der Waals surface area contributed by atoms with E-state index < -0.39 is 30.0 Å². The average molecular weight is 273 g/mol. The maximum absolute atomic E-state index is 11.7. The number of urea groups is 1. The Kier molecular flexibility index (Phi) is 8.32. The van der Waals surface area contributed by atoms with Gasteiger partial charge in [0.15, 0.2) is 0 Å². The molecular weight excluding hydrogens is 250 g/mol. The number of carbonyl (C=O) groups excluding carboxylic acids is 3. The molecular formula is C12H23N3O4. The van der Waals surface area contributed by atoms with E-state index in [9.17, 15) is 14.4 Å². The van der Waals surface area contributed by atoms with Crippen LogP contribution in [0.1, 0.15) is 33.6 Å². The van der Waals surface area contributed by atoms with Crippen molar-refractivity contribution in [3.63, 3.8) is 0 Å². The molecule has 19 heavy (non-hydrogen) atoms. The van der Waals surface area contributed by atoms with Crippen molar-refractivity contribution in [3.05, 3.63) is 0 Å². The molecule has 0 fully saturated rings. The normalized spacial score (nSPS) is 13.1. The number of hydrogen-bond acceptors (Lipinski definition) is 4. The minimum Gasteiger partial charge on any atom is -0.467 e. The fraction of sp³-hybridized carbons (Fsp3) is 0.750. The van der Waals surface area contributed by atoms with Crippen molar-refractivity contribution in [1.82, 2.24) is 16.0 Å². The zero-order chi connectivity index (χ0) is 14.8. The molecule has 3 amide bonds. The highest BCUT2D eigenvalue weighted by molar-refractivity contribution is 5.89. The Morgan fingerprint density at radius 1 is 1.11 bits per heavy atom. The predicted molar refractivity (Wildman–Crippen MR) is 70.5 cm³/mol. The smallest absolute Gasteiger partial charge is 0.328 e. The summed E-state index contributed by atoms with van der Waals surface area (Å²) in [5.41, 5.74) is 0. The lowest BCUT2D eigenvalue weighted by Gasteiger charge is -2.17. The molecule has 0 aliphatic carbocycles. The average Bonchev–Trinajstić information content (AvgIpc) is 2.37. The number of ether oxygens (including phenoxy) is 1. The van der Waals surface area contributed by atoms with E-state index in [2.05, 4.69) is 20.7 Å². The van der Waals surface area contributed by atoms with Crippen LogP contribution in [0.5, 0.6) is 0 Å². The van der Waals surface area contributed by atoms with Crippen molar-refractivity contribution in [2.24, 2.45) is 0 Å². The first-order valence-corrected chi connectivity index (χ1v) is 6.34. The Bertz CT molecular complexity index is 320. The van der Waals surface area contributed by atoms with E-state index in [-0.39, 0.29) is 0 Å². The first-order chi connectivity index (χ1) is 8.92. The summed E-state index contributed by atoms with van der Waals surface area (Å²) in [6.45, 7) is 5.63. The lowest BCUT2D eigenvalue weighted by atomic mass is 10.2. The summed E-state index contributed by atoms with van der Waals surface area (Å²) >= 11 is 0. The van der Waals surface area contributed by atoms with Gasteiger partial charge in [0.05, 0.1) is 7.11 Å². The Balaban J connectivity index is 4.05. The molecule has 3 N–H and O–H groups in total. The van der Waals surface area contributed by atoms with Crippen LogP contribution >= 0.6 is 0 Å². The minimum atomic E-state index is -0.745. The molecule has 0 rings (SSSR count). The van der Waals surface area contributed by atoms with Gasteiger partial charge in [-0.3, -0.25) is 4.79 Å². The van der Waals surface area contributed by atoms with Crippen molar-refractivity contribution in [1.29, 1.82) is 0 Å². The second-order valence-corrected chi connectivity index (χ2v) is 4.23. The number of amides is 3. The molecule has 0 unspecified atom stereocenters. The fourth-order valence-electron chi connectivity index (χ4n) is 1.27. The Morgan fingerprint density at radius 2 is 1.74 bits per heavy atom. The molecule has 110 valence electrons. The van der Waals surface area contributed by atoms with E-state index in [4.69, 9.17) is 0 Å². The summed E-state index contributed by atoms with van der Waals surface area (Å²) in [5.74, 6) is -0.975. The molecule has 7 nitrogen and oxygen atoms in total. The standard InChI is InChI=1S/C12H23N3O4/c1-5-6-7-13-12(18)15-8(2)10(16)14-9(3)11(17)19-4/h8-9H,5-7H2,1-4H3,(H,14,16)(H2,13,15,18)/t8-,9-/m0/s1. The molecule has 0 saturated carbocycles. The van der Waals surface area contributed by atoms with Crippen molar-refractivity contribution in [2.75, 3.05) is 13.7 Å². The van der Waals surface area contributed by atoms with Crippen LogP contribution in [-0.4, -0.2) is 43.6 Å².